The summed E-state index contributed by atoms with van der Waals surface area (Å²) < 4.78 is 0. The Morgan fingerprint density at radius 3 is 2.53 bits per heavy atom. The van der Waals surface area contributed by atoms with E-state index in [-0.39, 0.29) is 11.1 Å². The van der Waals surface area contributed by atoms with Crippen molar-refractivity contribution in [2.75, 3.05) is 43.4 Å². The highest BCUT2D eigenvalue weighted by Crippen LogP contribution is 2.21. The standard InChI is InChI=1S/C27H39ClN8OS/c1-4-6-7-8-9-10-14-22(24(37)30-21-13-11-12-20(28)19-21)31-25(29)38-27-33-23(5-2)32-26(34-27)36-17-15-35(3)16-18-36/h11-13,19,29H,4-10,14-18H2,1-3H3,(H,30,37). The van der Waals surface area contributed by atoms with Gasteiger partial charge in [0.1, 0.15) is 11.5 Å². The van der Waals surface area contributed by atoms with E-state index in [0.29, 0.717) is 46.2 Å². The number of benzene rings is 1. The number of aromatic nitrogens is 3. The number of aliphatic imine (C=N–C) groups is 1. The molecule has 0 unspecified atom stereocenters. The van der Waals surface area contributed by atoms with Crippen molar-refractivity contribution in [1.82, 2.24) is 19.9 Å². The topological polar surface area (TPSA) is 110 Å². The number of aryl methyl sites for hydroxylation is 1. The van der Waals surface area contributed by atoms with Crippen LogP contribution in [0.2, 0.25) is 5.02 Å². The number of piperazine rings is 1. The second-order valence-electron chi connectivity index (χ2n) is 9.43. The number of likely N-dealkylation sites (N-methyl/N-ethyl adjacent to an activating group) is 1. The van der Waals surface area contributed by atoms with Crippen molar-refractivity contribution in [3.05, 3.63) is 35.1 Å². The molecule has 1 aliphatic heterocycles. The normalized spacial score (nSPS) is 14.5. The Kier molecular flexibility index (Phi) is 12.4. The molecule has 1 fully saturated rings. The predicted molar refractivity (Wildman–Crippen MR) is 158 cm³/mol. The molecule has 2 aromatic rings. The summed E-state index contributed by atoms with van der Waals surface area (Å²) in [4.78, 5) is 35.7. The molecule has 0 saturated carbocycles. The summed E-state index contributed by atoms with van der Waals surface area (Å²) in [5.74, 6) is 0.989. The van der Waals surface area contributed by atoms with Crippen molar-refractivity contribution in [2.45, 2.75) is 70.4 Å². The average Bonchev–Trinajstić information content (AvgIpc) is 2.90. The van der Waals surface area contributed by atoms with E-state index >= 15 is 0 Å². The van der Waals surface area contributed by atoms with Gasteiger partial charge in [-0.25, -0.2) is 9.98 Å². The van der Waals surface area contributed by atoms with E-state index in [1.165, 1.54) is 19.3 Å². The molecule has 0 radical (unpaired) electrons. The maximum atomic E-state index is 13.1. The van der Waals surface area contributed by atoms with Gasteiger partial charge in [0.2, 0.25) is 11.1 Å². The number of halogens is 1. The lowest BCUT2D eigenvalue weighted by atomic mass is 10.1. The van der Waals surface area contributed by atoms with Gasteiger partial charge < -0.3 is 15.1 Å². The molecule has 206 valence electrons. The van der Waals surface area contributed by atoms with Crippen LogP contribution in [-0.2, 0) is 11.2 Å². The fraction of sp³-hybridized carbons (Fsp3) is 0.556. The lowest BCUT2D eigenvalue weighted by molar-refractivity contribution is -0.110. The molecule has 38 heavy (non-hydrogen) atoms. The fourth-order valence-electron chi connectivity index (χ4n) is 4.03. The second kappa shape index (κ2) is 15.8. The molecule has 11 heteroatoms. The number of carbonyl (C=O) groups is 1. The summed E-state index contributed by atoms with van der Waals surface area (Å²) >= 11 is 7.14. The number of nitrogens with zero attached hydrogens (tertiary/aromatic N) is 6. The second-order valence-corrected chi connectivity index (χ2v) is 10.8. The van der Waals surface area contributed by atoms with Gasteiger partial charge in [0.25, 0.3) is 5.91 Å². The van der Waals surface area contributed by atoms with Crippen LogP contribution in [0.25, 0.3) is 0 Å². The maximum absolute atomic E-state index is 13.1. The van der Waals surface area contributed by atoms with Crippen LogP contribution in [0.5, 0.6) is 0 Å². The number of amides is 1. The minimum Gasteiger partial charge on any atom is -0.338 e. The number of carbonyl (C=O) groups excluding carboxylic acids is 1. The molecule has 1 aromatic heterocycles. The highest BCUT2D eigenvalue weighted by Gasteiger charge is 2.20. The van der Waals surface area contributed by atoms with Crippen molar-refractivity contribution in [1.29, 1.82) is 5.41 Å². The van der Waals surface area contributed by atoms with Crippen LogP contribution in [0.15, 0.2) is 34.4 Å². The van der Waals surface area contributed by atoms with Gasteiger partial charge in [0.05, 0.1) is 0 Å². The fourth-order valence-corrected chi connectivity index (χ4v) is 4.83. The minimum atomic E-state index is -0.325. The third-order valence-corrected chi connectivity index (χ3v) is 7.17. The first-order chi connectivity index (χ1) is 18.4. The number of hydrogen-bond acceptors (Lipinski definition) is 8. The van der Waals surface area contributed by atoms with E-state index in [1.807, 2.05) is 6.92 Å². The van der Waals surface area contributed by atoms with Crippen LogP contribution < -0.4 is 10.2 Å². The summed E-state index contributed by atoms with van der Waals surface area (Å²) in [5, 5.41) is 12.4. The Morgan fingerprint density at radius 2 is 1.82 bits per heavy atom. The lowest BCUT2D eigenvalue weighted by Crippen LogP contribution is -2.45. The first-order valence-electron chi connectivity index (χ1n) is 13.5. The third kappa shape index (κ3) is 9.96. The molecular weight excluding hydrogens is 520 g/mol. The van der Waals surface area contributed by atoms with Gasteiger partial charge in [-0.15, -0.1) is 0 Å². The summed E-state index contributed by atoms with van der Waals surface area (Å²) in [5.41, 5.74) is 0.918. The predicted octanol–water partition coefficient (Wildman–Crippen LogP) is 5.70. The average molecular weight is 559 g/mol. The Morgan fingerprint density at radius 1 is 1.08 bits per heavy atom. The molecule has 0 aliphatic carbocycles. The first kappa shape index (κ1) is 30.0. The van der Waals surface area contributed by atoms with E-state index < -0.39 is 0 Å². The molecule has 1 amide bonds. The quantitative estimate of drug-likeness (QED) is 0.149. The number of unbranched alkanes of at least 4 members (excludes halogenated alkanes) is 5. The molecular formula is C27H39ClN8OS. The van der Waals surface area contributed by atoms with E-state index in [2.05, 4.69) is 49.0 Å². The summed E-state index contributed by atoms with van der Waals surface area (Å²) in [6.07, 6.45) is 7.75. The monoisotopic (exact) mass is 558 g/mol. The third-order valence-electron chi connectivity index (χ3n) is 6.29. The van der Waals surface area contributed by atoms with Gasteiger partial charge >= 0.3 is 0 Å². The first-order valence-corrected chi connectivity index (χ1v) is 14.7. The summed E-state index contributed by atoms with van der Waals surface area (Å²) in [6.45, 7) is 7.77. The molecule has 2 N–H and O–H groups in total. The van der Waals surface area contributed by atoms with Crippen molar-refractivity contribution >= 4 is 51.8 Å². The smallest absolute Gasteiger partial charge is 0.270 e. The van der Waals surface area contributed by atoms with E-state index in [4.69, 9.17) is 17.0 Å². The number of hydrogen-bond donors (Lipinski definition) is 2. The maximum Gasteiger partial charge on any atom is 0.270 e. The number of anilines is 2. The van der Waals surface area contributed by atoms with Crippen LogP contribution in [0.1, 0.15) is 64.6 Å². The van der Waals surface area contributed by atoms with E-state index in [9.17, 15) is 4.79 Å². The van der Waals surface area contributed by atoms with E-state index in [0.717, 1.165) is 57.2 Å². The number of nitrogens with one attached hydrogen (secondary N) is 2. The lowest BCUT2D eigenvalue weighted by Gasteiger charge is -2.32. The zero-order valence-electron chi connectivity index (χ0n) is 22.7. The number of amidine groups is 1. The van der Waals surface area contributed by atoms with Crippen molar-refractivity contribution in [2.24, 2.45) is 4.99 Å². The highest BCUT2D eigenvalue weighted by molar-refractivity contribution is 8.13. The van der Waals surface area contributed by atoms with Gasteiger partial charge in [-0.2, -0.15) is 9.97 Å². The van der Waals surface area contributed by atoms with Crippen LogP contribution in [-0.4, -0.2) is 69.9 Å². The molecule has 1 aliphatic rings. The minimum absolute atomic E-state index is 0.0233. The molecule has 2 heterocycles. The molecule has 1 aromatic carbocycles. The van der Waals surface area contributed by atoms with Crippen LogP contribution in [0.3, 0.4) is 0 Å². The van der Waals surface area contributed by atoms with Gasteiger partial charge in [-0.1, -0.05) is 63.6 Å². The Balaban J connectivity index is 1.73. The Labute approximate surface area is 235 Å². The highest BCUT2D eigenvalue weighted by atomic mass is 35.5. The van der Waals surface area contributed by atoms with Crippen molar-refractivity contribution in [3.8, 4) is 0 Å². The van der Waals surface area contributed by atoms with Crippen molar-refractivity contribution < 1.29 is 4.79 Å². The Hall–Kier alpha value is -2.56. The van der Waals surface area contributed by atoms with Crippen LogP contribution in [0.4, 0.5) is 11.6 Å². The molecule has 0 atom stereocenters. The molecule has 0 spiro atoms. The van der Waals surface area contributed by atoms with Crippen LogP contribution in [0, 0.1) is 5.41 Å². The molecule has 9 nitrogen and oxygen atoms in total. The molecule has 0 bridgehead atoms. The number of thioether (sulfide) groups is 1. The SMILES string of the molecule is CCCCCCCCC(=NC(=N)Sc1nc(CC)nc(N2CCN(C)CC2)n1)C(=O)Nc1cccc(Cl)c1. The summed E-state index contributed by atoms with van der Waals surface area (Å²) in [6, 6.07) is 7.01. The summed E-state index contributed by atoms with van der Waals surface area (Å²) in [7, 11) is 2.11. The van der Waals surface area contributed by atoms with Gasteiger partial charge in [-0.3, -0.25) is 10.2 Å². The van der Waals surface area contributed by atoms with E-state index in [1.54, 1.807) is 24.3 Å². The number of rotatable bonds is 12. The molecule has 3 rings (SSSR count). The largest absolute Gasteiger partial charge is 0.338 e. The Bertz CT molecular complexity index is 1100. The van der Waals surface area contributed by atoms with Gasteiger partial charge in [0.15, 0.2) is 5.17 Å². The zero-order valence-corrected chi connectivity index (χ0v) is 24.2. The zero-order chi connectivity index (χ0) is 27.3. The van der Waals surface area contributed by atoms with Gasteiger partial charge in [0, 0.05) is 43.3 Å². The molecule has 1 saturated heterocycles. The van der Waals surface area contributed by atoms with Crippen molar-refractivity contribution in [3.63, 3.8) is 0 Å². The van der Waals surface area contributed by atoms with Crippen LogP contribution >= 0.6 is 23.4 Å². The van der Waals surface area contributed by atoms with Gasteiger partial charge in [-0.05, 0) is 49.9 Å².